The van der Waals surface area contributed by atoms with Crippen molar-refractivity contribution in [2.24, 2.45) is 5.73 Å². The van der Waals surface area contributed by atoms with Gasteiger partial charge in [0.15, 0.2) is 0 Å². The normalized spacial score (nSPS) is 12.9. The molecule has 0 bridgehead atoms. The Hall–Kier alpha value is -0.650. The molecular weight excluding hydrogens is 218 g/mol. The van der Waals surface area contributed by atoms with Crippen molar-refractivity contribution in [1.29, 1.82) is 5.41 Å². The molecule has 0 rings (SSSR count). The number of nitrogens with one attached hydrogen (secondary N) is 1. The van der Waals surface area contributed by atoms with Gasteiger partial charge >= 0.3 is 0 Å². The van der Waals surface area contributed by atoms with Gasteiger partial charge in [-0.25, -0.2) is 0 Å². The summed E-state index contributed by atoms with van der Waals surface area (Å²) in [7, 11) is 0. The molecule has 0 spiro atoms. The molecule has 3 N–H and O–H groups in total. The highest BCUT2D eigenvalue weighted by Crippen LogP contribution is 2.04. The molecule has 0 radical (unpaired) electrons. The monoisotopic (exact) mass is 245 g/mol. The van der Waals surface area contributed by atoms with E-state index in [0.717, 1.165) is 32.7 Å². The Morgan fingerprint density at radius 3 is 1.88 bits per heavy atom. The van der Waals surface area contributed by atoms with Crippen LogP contribution >= 0.6 is 0 Å². The second kappa shape index (κ2) is 10.5. The lowest BCUT2D eigenvalue weighted by Gasteiger charge is -2.29. The molecule has 0 aromatic heterocycles. The van der Waals surface area contributed by atoms with Crippen LogP contribution in [0.15, 0.2) is 0 Å². The second-order valence-electron chi connectivity index (χ2n) is 3.81. The molecule has 5 heteroatoms. The van der Waals surface area contributed by atoms with Crippen molar-refractivity contribution in [1.82, 2.24) is 4.90 Å². The molecule has 0 fully saturated rings. The van der Waals surface area contributed by atoms with Gasteiger partial charge in [-0.15, -0.1) is 0 Å². The molecule has 0 aliphatic heterocycles. The summed E-state index contributed by atoms with van der Waals surface area (Å²) in [6, 6.07) is -0.00378. The van der Waals surface area contributed by atoms with Gasteiger partial charge in [0.2, 0.25) is 0 Å². The fourth-order valence-corrected chi connectivity index (χ4v) is 1.75. The highest BCUT2D eigenvalue weighted by atomic mass is 16.5. The van der Waals surface area contributed by atoms with Crippen LogP contribution in [0.25, 0.3) is 0 Å². The van der Waals surface area contributed by atoms with Crippen LogP contribution in [0.5, 0.6) is 0 Å². The van der Waals surface area contributed by atoms with Gasteiger partial charge in [-0.1, -0.05) is 6.92 Å². The third kappa shape index (κ3) is 7.31. The zero-order valence-electron chi connectivity index (χ0n) is 11.4. The first-order chi connectivity index (χ1) is 8.17. The highest BCUT2D eigenvalue weighted by Gasteiger charge is 2.18. The lowest BCUT2D eigenvalue weighted by atomic mass is 10.1. The average Bonchev–Trinajstić information content (AvgIpc) is 2.29. The van der Waals surface area contributed by atoms with E-state index in [2.05, 4.69) is 4.90 Å². The van der Waals surface area contributed by atoms with E-state index in [1.165, 1.54) is 0 Å². The van der Waals surface area contributed by atoms with Crippen molar-refractivity contribution < 1.29 is 9.47 Å². The van der Waals surface area contributed by atoms with E-state index in [-0.39, 0.29) is 11.9 Å². The summed E-state index contributed by atoms with van der Waals surface area (Å²) in [6.07, 6.45) is 0.841. The van der Waals surface area contributed by atoms with E-state index in [4.69, 9.17) is 20.6 Å². The smallest absolute Gasteiger partial charge is 0.108 e. The number of rotatable bonds is 11. The molecule has 1 atom stereocenters. The van der Waals surface area contributed by atoms with Gasteiger partial charge in [0.25, 0.3) is 0 Å². The van der Waals surface area contributed by atoms with Crippen LogP contribution in [-0.2, 0) is 9.47 Å². The molecule has 1 unspecified atom stereocenters. The maximum atomic E-state index is 7.60. The van der Waals surface area contributed by atoms with Gasteiger partial charge < -0.3 is 15.2 Å². The third-order valence-electron chi connectivity index (χ3n) is 2.64. The predicted octanol–water partition coefficient (Wildman–Crippen LogP) is 1.08. The molecule has 0 aliphatic rings. The topological polar surface area (TPSA) is 71.6 Å². The van der Waals surface area contributed by atoms with Crippen molar-refractivity contribution in [2.75, 3.05) is 39.5 Å². The van der Waals surface area contributed by atoms with E-state index < -0.39 is 0 Å². The molecule has 0 saturated heterocycles. The van der Waals surface area contributed by atoms with Crippen LogP contribution in [0, 0.1) is 5.41 Å². The minimum absolute atomic E-state index is 0.00378. The predicted molar refractivity (Wildman–Crippen MR) is 70.6 cm³/mol. The minimum atomic E-state index is -0.00378. The summed E-state index contributed by atoms with van der Waals surface area (Å²) < 4.78 is 10.7. The van der Waals surface area contributed by atoms with Crippen molar-refractivity contribution in [3.05, 3.63) is 0 Å². The Bertz CT molecular complexity index is 190. The number of hydrogen-bond acceptors (Lipinski definition) is 4. The Balaban J connectivity index is 4.20. The largest absolute Gasteiger partial charge is 0.386 e. The van der Waals surface area contributed by atoms with Gasteiger partial charge in [0, 0.05) is 26.3 Å². The first-order valence-electron chi connectivity index (χ1n) is 6.40. The number of ether oxygens (including phenoxy) is 2. The van der Waals surface area contributed by atoms with Crippen molar-refractivity contribution in [2.45, 2.75) is 33.2 Å². The Kier molecular flexibility index (Phi) is 10.1. The second-order valence-corrected chi connectivity index (χ2v) is 3.81. The maximum Gasteiger partial charge on any atom is 0.108 e. The van der Waals surface area contributed by atoms with E-state index in [1.54, 1.807) is 0 Å². The molecule has 0 saturated carbocycles. The summed E-state index contributed by atoms with van der Waals surface area (Å²) in [6.45, 7) is 10.4. The minimum Gasteiger partial charge on any atom is -0.386 e. The lowest BCUT2D eigenvalue weighted by molar-refractivity contribution is 0.0738. The van der Waals surface area contributed by atoms with Crippen LogP contribution in [0.4, 0.5) is 0 Å². The molecule has 0 aromatic rings. The summed E-state index contributed by atoms with van der Waals surface area (Å²) in [5.74, 6) is 0.223. The maximum absolute atomic E-state index is 7.60. The lowest BCUT2D eigenvalue weighted by Crippen LogP contribution is -2.46. The molecule has 5 nitrogen and oxygen atoms in total. The summed E-state index contributed by atoms with van der Waals surface area (Å²) >= 11 is 0. The average molecular weight is 245 g/mol. The van der Waals surface area contributed by atoms with Gasteiger partial charge in [0.05, 0.1) is 19.3 Å². The van der Waals surface area contributed by atoms with Crippen LogP contribution in [-0.4, -0.2) is 56.3 Å². The Morgan fingerprint density at radius 2 is 1.59 bits per heavy atom. The number of nitrogens with zero attached hydrogens (tertiary/aromatic N) is 1. The van der Waals surface area contributed by atoms with Crippen LogP contribution in [0.3, 0.4) is 0 Å². The Labute approximate surface area is 105 Å². The van der Waals surface area contributed by atoms with Crippen LogP contribution in [0.1, 0.15) is 27.2 Å². The molecule has 17 heavy (non-hydrogen) atoms. The van der Waals surface area contributed by atoms with Crippen molar-refractivity contribution in [3.8, 4) is 0 Å². The van der Waals surface area contributed by atoms with Gasteiger partial charge in [-0.05, 0) is 20.3 Å². The molecular formula is C12H27N3O2. The molecule has 0 heterocycles. The zero-order valence-corrected chi connectivity index (χ0v) is 11.4. The highest BCUT2D eigenvalue weighted by molar-refractivity contribution is 5.82. The first-order valence-corrected chi connectivity index (χ1v) is 6.40. The molecule has 0 aliphatic carbocycles. The summed E-state index contributed by atoms with van der Waals surface area (Å²) in [4.78, 5) is 2.16. The molecule has 102 valence electrons. The number of amidine groups is 1. The quantitative estimate of drug-likeness (QED) is 0.324. The SMILES string of the molecule is CCOCCN(CCOCC)C(CC)C(=N)N. The van der Waals surface area contributed by atoms with Gasteiger partial charge in [0.1, 0.15) is 5.84 Å². The number of hydrogen-bond donors (Lipinski definition) is 2. The number of nitrogens with two attached hydrogens (primary N) is 1. The first kappa shape index (κ1) is 16.4. The van der Waals surface area contributed by atoms with Gasteiger partial charge in [-0.2, -0.15) is 0 Å². The fraction of sp³-hybridized carbons (Fsp3) is 0.917. The zero-order chi connectivity index (χ0) is 13.1. The molecule has 0 amide bonds. The van der Waals surface area contributed by atoms with E-state index in [0.29, 0.717) is 13.2 Å². The molecule has 0 aromatic carbocycles. The van der Waals surface area contributed by atoms with Gasteiger partial charge in [-0.3, -0.25) is 10.3 Å². The van der Waals surface area contributed by atoms with E-state index in [9.17, 15) is 0 Å². The van der Waals surface area contributed by atoms with Crippen molar-refractivity contribution >= 4 is 5.84 Å². The van der Waals surface area contributed by atoms with Crippen LogP contribution in [0.2, 0.25) is 0 Å². The third-order valence-corrected chi connectivity index (χ3v) is 2.64. The fourth-order valence-electron chi connectivity index (χ4n) is 1.75. The summed E-state index contributed by atoms with van der Waals surface area (Å²) in [5.41, 5.74) is 5.62. The van der Waals surface area contributed by atoms with E-state index >= 15 is 0 Å². The standard InChI is InChI=1S/C12H27N3O2/c1-4-11(12(13)14)15(7-9-16-5-2)8-10-17-6-3/h11H,4-10H2,1-3H3,(H3,13,14). The van der Waals surface area contributed by atoms with Crippen molar-refractivity contribution in [3.63, 3.8) is 0 Å². The Morgan fingerprint density at radius 1 is 1.12 bits per heavy atom. The summed E-state index contributed by atoms with van der Waals surface area (Å²) in [5, 5.41) is 7.60. The van der Waals surface area contributed by atoms with E-state index in [1.807, 2.05) is 20.8 Å². The van der Waals surface area contributed by atoms with Crippen LogP contribution < -0.4 is 5.73 Å².